The van der Waals surface area contributed by atoms with Crippen LogP contribution in [0.15, 0.2) is 59.5 Å². The maximum atomic E-state index is 12.6. The monoisotopic (exact) mass is 440 g/mol. The first-order valence-electron chi connectivity index (χ1n) is 9.81. The lowest BCUT2D eigenvalue weighted by atomic mass is 10.1. The van der Waals surface area contributed by atoms with Crippen LogP contribution in [0.5, 0.6) is 5.75 Å². The van der Waals surface area contributed by atoms with Crippen LogP contribution in [0, 0.1) is 0 Å². The van der Waals surface area contributed by atoms with E-state index in [0.29, 0.717) is 22.2 Å². The largest absolute Gasteiger partial charge is 0.497 e. The van der Waals surface area contributed by atoms with Crippen molar-refractivity contribution in [2.45, 2.75) is 25.7 Å². The van der Waals surface area contributed by atoms with Crippen molar-refractivity contribution in [1.82, 2.24) is 4.90 Å². The molecule has 1 saturated heterocycles. The number of unbranched alkanes of at least 4 members (excludes halogenated alkanes) is 2. The van der Waals surface area contributed by atoms with Crippen LogP contribution >= 0.6 is 24.0 Å². The number of rotatable bonds is 9. The van der Waals surface area contributed by atoms with Crippen molar-refractivity contribution >= 4 is 51.9 Å². The van der Waals surface area contributed by atoms with Gasteiger partial charge >= 0.3 is 0 Å². The van der Waals surface area contributed by atoms with Gasteiger partial charge in [0.15, 0.2) is 0 Å². The molecule has 0 radical (unpaired) electrons. The lowest BCUT2D eigenvalue weighted by Crippen LogP contribution is -2.29. The van der Waals surface area contributed by atoms with Crippen LogP contribution in [0.25, 0.3) is 6.08 Å². The summed E-state index contributed by atoms with van der Waals surface area (Å²) >= 11 is 6.72. The minimum absolute atomic E-state index is 0.0171. The Hall–Kier alpha value is -2.64. The van der Waals surface area contributed by atoms with E-state index in [1.165, 1.54) is 11.8 Å². The van der Waals surface area contributed by atoms with E-state index in [0.717, 1.165) is 36.3 Å². The third kappa shape index (κ3) is 6.18. The molecule has 0 aliphatic carbocycles. The van der Waals surface area contributed by atoms with Gasteiger partial charge in [-0.15, -0.1) is 0 Å². The predicted molar refractivity (Wildman–Crippen MR) is 126 cm³/mol. The van der Waals surface area contributed by atoms with Crippen molar-refractivity contribution in [3.8, 4) is 5.75 Å². The maximum Gasteiger partial charge on any atom is 0.266 e. The molecule has 1 heterocycles. The van der Waals surface area contributed by atoms with Crippen molar-refractivity contribution in [3.63, 3.8) is 0 Å². The lowest BCUT2D eigenvalue weighted by molar-refractivity contribution is -0.122. The number of amides is 2. The van der Waals surface area contributed by atoms with E-state index >= 15 is 0 Å². The molecule has 30 heavy (non-hydrogen) atoms. The van der Waals surface area contributed by atoms with Crippen LogP contribution in [-0.2, 0) is 9.59 Å². The number of carbonyl (C=O) groups is 2. The second-order valence-electron chi connectivity index (χ2n) is 6.83. The molecule has 0 atom stereocenters. The SMILES string of the molecule is COc1ccc(NC(=O)CCCCCN2C(=O)/C(=C/c3ccccc3)SC2=S)cc1. The van der Waals surface area contributed by atoms with Gasteiger partial charge in [0.05, 0.1) is 12.0 Å². The Morgan fingerprint density at radius 1 is 1.10 bits per heavy atom. The number of carbonyl (C=O) groups excluding carboxylic acids is 2. The molecule has 0 aromatic heterocycles. The van der Waals surface area contributed by atoms with Crippen LogP contribution in [-0.4, -0.2) is 34.7 Å². The third-order valence-electron chi connectivity index (χ3n) is 4.63. The number of nitrogens with zero attached hydrogens (tertiary/aromatic N) is 1. The van der Waals surface area contributed by atoms with Gasteiger partial charge in [0.1, 0.15) is 10.1 Å². The molecule has 7 heteroatoms. The van der Waals surface area contributed by atoms with Gasteiger partial charge in [-0.25, -0.2) is 0 Å². The molecule has 0 spiro atoms. The fourth-order valence-electron chi connectivity index (χ4n) is 3.02. The normalized spacial score (nSPS) is 15.0. The molecular weight excluding hydrogens is 416 g/mol. The molecular formula is C23H24N2O3S2. The van der Waals surface area contributed by atoms with Crippen LogP contribution in [0.1, 0.15) is 31.2 Å². The van der Waals surface area contributed by atoms with Crippen molar-refractivity contribution in [2.75, 3.05) is 19.0 Å². The Kier molecular flexibility index (Phi) is 8.04. The standard InChI is InChI=1S/C23H24N2O3S2/c1-28-19-13-11-18(12-14-19)24-21(26)10-6-3-7-15-25-22(27)20(30-23(25)29)16-17-8-4-2-5-9-17/h2,4-5,8-9,11-14,16H,3,6-7,10,15H2,1H3,(H,24,26)/b20-16-. The highest BCUT2D eigenvalue weighted by Gasteiger charge is 2.31. The average Bonchev–Trinajstić information content (AvgIpc) is 3.02. The van der Waals surface area contributed by atoms with Crippen LogP contribution in [0.3, 0.4) is 0 Å². The number of anilines is 1. The molecule has 5 nitrogen and oxygen atoms in total. The Bertz CT molecular complexity index is 927. The van der Waals surface area contributed by atoms with E-state index < -0.39 is 0 Å². The molecule has 1 aliphatic rings. The molecule has 2 aromatic carbocycles. The molecule has 0 unspecified atom stereocenters. The van der Waals surface area contributed by atoms with Crippen molar-refractivity contribution in [2.24, 2.45) is 0 Å². The molecule has 2 aromatic rings. The second-order valence-corrected chi connectivity index (χ2v) is 8.51. The summed E-state index contributed by atoms with van der Waals surface area (Å²) in [6, 6.07) is 17.0. The lowest BCUT2D eigenvalue weighted by Gasteiger charge is -2.14. The fraction of sp³-hybridized carbons (Fsp3) is 0.261. The molecule has 1 fully saturated rings. The summed E-state index contributed by atoms with van der Waals surface area (Å²) in [5, 5.41) is 2.88. The third-order valence-corrected chi connectivity index (χ3v) is 6.01. The number of methoxy groups -OCH3 is 1. The number of thioether (sulfide) groups is 1. The molecule has 3 rings (SSSR count). The fourth-order valence-corrected chi connectivity index (χ4v) is 4.33. The number of thiocarbonyl (C=S) groups is 1. The number of ether oxygens (including phenoxy) is 1. The molecule has 1 N–H and O–H groups in total. The summed E-state index contributed by atoms with van der Waals surface area (Å²) in [7, 11) is 1.61. The van der Waals surface area contributed by atoms with Crippen LogP contribution in [0.4, 0.5) is 5.69 Å². The van der Waals surface area contributed by atoms with Gasteiger partial charge in [0.25, 0.3) is 5.91 Å². The summed E-state index contributed by atoms with van der Waals surface area (Å²) in [5.41, 5.74) is 1.74. The minimum atomic E-state index is -0.0360. The van der Waals surface area contributed by atoms with Crippen LogP contribution < -0.4 is 10.1 Å². The van der Waals surface area contributed by atoms with Gasteiger partial charge in [-0.2, -0.15) is 0 Å². The Balaban J connectivity index is 1.38. The maximum absolute atomic E-state index is 12.6. The van der Waals surface area contributed by atoms with Gasteiger partial charge < -0.3 is 10.1 Å². The van der Waals surface area contributed by atoms with E-state index in [1.54, 1.807) is 12.0 Å². The Morgan fingerprint density at radius 3 is 2.53 bits per heavy atom. The number of nitrogens with one attached hydrogen (secondary N) is 1. The molecule has 0 saturated carbocycles. The van der Waals surface area contributed by atoms with Gasteiger partial charge in [0, 0.05) is 18.7 Å². The number of hydrogen-bond donors (Lipinski definition) is 1. The zero-order valence-electron chi connectivity index (χ0n) is 16.8. The van der Waals surface area contributed by atoms with Gasteiger partial charge in [-0.05, 0) is 48.7 Å². The quantitative estimate of drug-likeness (QED) is 0.334. The Labute approximate surface area is 186 Å². The number of hydrogen-bond acceptors (Lipinski definition) is 5. The highest BCUT2D eigenvalue weighted by molar-refractivity contribution is 8.26. The Morgan fingerprint density at radius 2 is 1.83 bits per heavy atom. The van der Waals surface area contributed by atoms with Crippen LogP contribution in [0.2, 0.25) is 0 Å². The van der Waals surface area contributed by atoms with E-state index in [2.05, 4.69) is 5.32 Å². The van der Waals surface area contributed by atoms with E-state index in [9.17, 15) is 9.59 Å². The first-order valence-corrected chi connectivity index (χ1v) is 11.0. The summed E-state index contributed by atoms with van der Waals surface area (Å²) in [4.78, 5) is 27.0. The summed E-state index contributed by atoms with van der Waals surface area (Å²) in [6.45, 7) is 0.580. The van der Waals surface area contributed by atoms with Crippen molar-refractivity contribution < 1.29 is 14.3 Å². The van der Waals surface area contributed by atoms with Crippen molar-refractivity contribution in [3.05, 3.63) is 65.1 Å². The zero-order valence-corrected chi connectivity index (χ0v) is 18.4. The van der Waals surface area contributed by atoms with Crippen molar-refractivity contribution in [1.29, 1.82) is 0 Å². The molecule has 2 amide bonds. The topological polar surface area (TPSA) is 58.6 Å². The molecule has 1 aliphatic heterocycles. The first-order chi connectivity index (χ1) is 14.6. The van der Waals surface area contributed by atoms with Gasteiger partial charge in [0.2, 0.25) is 5.91 Å². The molecule has 0 bridgehead atoms. The summed E-state index contributed by atoms with van der Waals surface area (Å²) in [5.74, 6) is 0.699. The zero-order chi connectivity index (χ0) is 21.3. The molecule has 156 valence electrons. The summed E-state index contributed by atoms with van der Waals surface area (Å²) in [6.07, 6.45) is 4.74. The number of benzene rings is 2. The highest BCUT2D eigenvalue weighted by Crippen LogP contribution is 2.32. The highest BCUT2D eigenvalue weighted by atomic mass is 32.2. The smallest absolute Gasteiger partial charge is 0.266 e. The second kappa shape index (κ2) is 10.9. The first kappa shape index (κ1) is 22.1. The summed E-state index contributed by atoms with van der Waals surface area (Å²) < 4.78 is 5.70. The average molecular weight is 441 g/mol. The predicted octanol–water partition coefficient (Wildman–Crippen LogP) is 5.10. The minimum Gasteiger partial charge on any atom is -0.497 e. The van der Waals surface area contributed by atoms with E-state index in [-0.39, 0.29) is 11.8 Å². The van der Waals surface area contributed by atoms with Gasteiger partial charge in [-0.3, -0.25) is 14.5 Å². The van der Waals surface area contributed by atoms with Gasteiger partial charge in [-0.1, -0.05) is 60.7 Å². The van der Waals surface area contributed by atoms with E-state index in [4.69, 9.17) is 17.0 Å². The van der Waals surface area contributed by atoms with E-state index in [1.807, 2.05) is 60.7 Å².